The van der Waals surface area contributed by atoms with Crippen molar-refractivity contribution in [3.05, 3.63) is 19.2 Å². The molecule has 0 saturated carbocycles. The second-order valence-corrected chi connectivity index (χ2v) is 4.36. The first-order chi connectivity index (χ1) is 5.04. The normalized spacial score (nSPS) is 10.1. The zero-order chi connectivity index (χ0) is 8.59. The van der Waals surface area contributed by atoms with Crippen LogP contribution >= 0.6 is 38.9 Å². The topological polar surface area (TPSA) is 37.3 Å². The number of thiophene rings is 1. The number of hydrogen-bond acceptors (Lipinski definition) is 2. The van der Waals surface area contributed by atoms with Crippen molar-refractivity contribution >= 4 is 44.8 Å². The summed E-state index contributed by atoms with van der Waals surface area (Å²) in [5.74, 6) is -0.930. The Morgan fingerprint density at radius 1 is 1.73 bits per heavy atom. The minimum Gasteiger partial charge on any atom is -0.477 e. The fraction of sp³-hybridized carbons (Fsp3) is 0.167. The molecule has 0 unspecified atom stereocenters. The Hall–Kier alpha value is -0.0600. The van der Waals surface area contributed by atoms with Gasteiger partial charge in [0.05, 0.1) is 4.47 Å². The fourth-order valence-electron chi connectivity index (χ4n) is 0.662. The lowest BCUT2D eigenvalue weighted by atomic mass is 10.3. The summed E-state index contributed by atoms with van der Waals surface area (Å²) in [5.41, 5.74) is 0.688. The molecule has 2 nitrogen and oxygen atoms in total. The van der Waals surface area contributed by atoms with Crippen LogP contribution in [0.25, 0.3) is 0 Å². The fourth-order valence-corrected chi connectivity index (χ4v) is 2.37. The molecule has 0 aliphatic heterocycles. The predicted octanol–water partition coefficient (Wildman–Crippen LogP) is 3.17. The molecule has 5 heteroatoms. The SMILES string of the molecule is Cc1c(C(=O)O)sc(Cl)c1Br. The number of hydrogen-bond donors (Lipinski definition) is 1. The van der Waals surface area contributed by atoms with Crippen molar-refractivity contribution in [3.63, 3.8) is 0 Å². The standard InChI is InChI=1S/C6H4BrClO2S/c1-2-3(7)5(8)11-4(2)6(9)10/h1H3,(H,9,10). The molecule has 1 aromatic heterocycles. The molecule has 0 aromatic carbocycles. The van der Waals surface area contributed by atoms with Crippen molar-refractivity contribution in [3.8, 4) is 0 Å². The van der Waals surface area contributed by atoms with E-state index in [1.54, 1.807) is 6.92 Å². The maximum atomic E-state index is 10.5. The molecule has 1 rings (SSSR count). The summed E-state index contributed by atoms with van der Waals surface area (Å²) in [5, 5.41) is 8.63. The summed E-state index contributed by atoms with van der Waals surface area (Å²) in [7, 11) is 0. The highest BCUT2D eigenvalue weighted by molar-refractivity contribution is 9.10. The summed E-state index contributed by atoms with van der Waals surface area (Å²) in [4.78, 5) is 10.8. The van der Waals surface area contributed by atoms with Crippen LogP contribution in [0.3, 0.4) is 0 Å². The summed E-state index contributed by atoms with van der Waals surface area (Å²) < 4.78 is 1.17. The molecule has 11 heavy (non-hydrogen) atoms. The Morgan fingerprint density at radius 3 is 2.45 bits per heavy atom. The van der Waals surface area contributed by atoms with E-state index in [1.165, 1.54) is 0 Å². The van der Waals surface area contributed by atoms with E-state index in [4.69, 9.17) is 16.7 Å². The zero-order valence-corrected chi connectivity index (χ0v) is 8.68. The first-order valence-corrected chi connectivity index (χ1v) is 4.70. The van der Waals surface area contributed by atoms with Crippen LogP contribution in [0, 0.1) is 6.92 Å². The molecule has 0 radical (unpaired) electrons. The quantitative estimate of drug-likeness (QED) is 0.837. The zero-order valence-electron chi connectivity index (χ0n) is 5.52. The Bertz CT molecular complexity index is 308. The van der Waals surface area contributed by atoms with Crippen molar-refractivity contribution in [2.45, 2.75) is 6.92 Å². The Labute approximate surface area is 80.9 Å². The number of aromatic carboxylic acids is 1. The van der Waals surface area contributed by atoms with Crippen LogP contribution in [-0.4, -0.2) is 11.1 Å². The number of carboxylic acids is 1. The maximum absolute atomic E-state index is 10.5. The van der Waals surface area contributed by atoms with Gasteiger partial charge in [0.15, 0.2) is 0 Å². The van der Waals surface area contributed by atoms with Gasteiger partial charge >= 0.3 is 5.97 Å². The third kappa shape index (κ3) is 1.58. The van der Waals surface area contributed by atoms with Gasteiger partial charge in [0.2, 0.25) is 0 Å². The molecule has 0 atom stereocenters. The number of carboxylic acid groups (broad SMARTS) is 1. The minimum atomic E-state index is -0.930. The van der Waals surface area contributed by atoms with Gasteiger partial charge in [-0.15, -0.1) is 11.3 Å². The van der Waals surface area contributed by atoms with E-state index in [2.05, 4.69) is 15.9 Å². The van der Waals surface area contributed by atoms with Crippen LogP contribution in [0.4, 0.5) is 0 Å². The second kappa shape index (κ2) is 3.13. The van der Waals surface area contributed by atoms with E-state index >= 15 is 0 Å². The van der Waals surface area contributed by atoms with Gasteiger partial charge in [-0.05, 0) is 28.4 Å². The van der Waals surface area contributed by atoms with Crippen molar-refractivity contribution in [2.24, 2.45) is 0 Å². The minimum absolute atomic E-state index is 0.293. The lowest BCUT2D eigenvalue weighted by Crippen LogP contribution is -1.93. The van der Waals surface area contributed by atoms with Gasteiger partial charge in [0, 0.05) is 0 Å². The average Bonchev–Trinajstić information content (AvgIpc) is 2.17. The second-order valence-electron chi connectivity index (χ2n) is 1.95. The van der Waals surface area contributed by atoms with Gasteiger partial charge in [-0.25, -0.2) is 4.79 Å². The largest absolute Gasteiger partial charge is 0.477 e. The first-order valence-electron chi connectivity index (χ1n) is 2.71. The van der Waals surface area contributed by atoms with Gasteiger partial charge in [-0.1, -0.05) is 11.6 Å². The van der Waals surface area contributed by atoms with E-state index in [1.807, 2.05) is 0 Å². The summed E-state index contributed by atoms with van der Waals surface area (Å²) in [6, 6.07) is 0. The van der Waals surface area contributed by atoms with Crippen LogP contribution in [-0.2, 0) is 0 Å². The lowest BCUT2D eigenvalue weighted by molar-refractivity contribution is 0.0701. The van der Waals surface area contributed by atoms with Gasteiger partial charge in [-0.3, -0.25) is 0 Å². The highest BCUT2D eigenvalue weighted by atomic mass is 79.9. The molecule has 0 amide bonds. The Balaban J connectivity index is 3.29. The molecule has 0 bridgehead atoms. The number of halogens is 2. The Kier molecular flexibility index (Phi) is 2.57. The van der Waals surface area contributed by atoms with E-state index in [9.17, 15) is 4.79 Å². The molecule has 1 aromatic rings. The molecule has 0 fully saturated rings. The highest BCUT2D eigenvalue weighted by Gasteiger charge is 2.15. The average molecular weight is 256 g/mol. The first kappa shape index (κ1) is 9.03. The molecule has 0 aliphatic carbocycles. The van der Waals surface area contributed by atoms with E-state index in [0.29, 0.717) is 19.2 Å². The van der Waals surface area contributed by atoms with Crippen molar-refractivity contribution in [1.29, 1.82) is 0 Å². The molecule has 1 heterocycles. The number of rotatable bonds is 1. The molecule has 0 spiro atoms. The van der Waals surface area contributed by atoms with Crippen LogP contribution in [0.15, 0.2) is 4.47 Å². The third-order valence-electron chi connectivity index (χ3n) is 1.23. The molecule has 0 aliphatic rings. The lowest BCUT2D eigenvalue weighted by Gasteiger charge is -1.88. The third-order valence-corrected chi connectivity index (χ3v) is 4.20. The van der Waals surface area contributed by atoms with Crippen LogP contribution in [0.5, 0.6) is 0 Å². The van der Waals surface area contributed by atoms with Gasteiger partial charge in [0.1, 0.15) is 9.21 Å². The summed E-state index contributed by atoms with van der Waals surface area (Å²) in [6.07, 6.45) is 0. The highest BCUT2D eigenvalue weighted by Crippen LogP contribution is 2.36. The van der Waals surface area contributed by atoms with Gasteiger partial charge in [0.25, 0.3) is 0 Å². The number of carbonyl (C=O) groups is 1. The maximum Gasteiger partial charge on any atom is 0.346 e. The van der Waals surface area contributed by atoms with E-state index < -0.39 is 5.97 Å². The van der Waals surface area contributed by atoms with Crippen LogP contribution in [0.2, 0.25) is 4.34 Å². The summed E-state index contributed by atoms with van der Waals surface area (Å²) >= 11 is 9.94. The molecule has 0 saturated heterocycles. The Morgan fingerprint density at radius 2 is 2.27 bits per heavy atom. The van der Waals surface area contributed by atoms with Gasteiger partial charge in [-0.2, -0.15) is 0 Å². The molecule has 60 valence electrons. The van der Waals surface area contributed by atoms with Crippen molar-refractivity contribution in [2.75, 3.05) is 0 Å². The van der Waals surface area contributed by atoms with E-state index in [-0.39, 0.29) is 0 Å². The molecule has 1 N–H and O–H groups in total. The predicted molar refractivity (Wildman–Crippen MR) is 48.7 cm³/mol. The molecular formula is C6H4BrClO2S. The smallest absolute Gasteiger partial charge is 0.346 e. The van der Waals surface area contributed by atoms with Crippen molar-refractivity contribution in [1.82, 2.24) is 0 Å². The van der Waals surface area contributed by atoms with Crippen molar-refractivity contribution < 1.29 is 9.90 Å². The van der Waals surface area contributed by atoms with Crippen LogP contribution < -0.4 is 0 Å². The monoisotopic (exact) mass is 254 g/mol. The van der Waals surface area contributed by atoms with Gasteiger partial charge < -0.3 is 5.11 Å². The summed E-state index contributed by atoms with van der Waals surface area (Å²) in [6.45, 7) is 1.72. The molecular weight excluding hydrogens is 251 g/mol. The van der Waals surface area contributed by atoms with E-state index in [0.717, 1.165) is 11.3 Å². The van der Waals surface area contributed by atoms with Crippen LogP contribution in [0.1, 0.15) is 15.2 Å².